The Hall–Kier alpha value is -4.41. The first-order valence-corrected chi connectivity index (χ1v) is 12.3. The highest BCUT2D eigenvalue weighted by Gasteiger charge is 2.15. The molecule has 2 heterocycles. The fourth-order valence-corrected chi connectivity index (χ4v) is 3.71. The largest absolute Gasteiger partial charge is 0.508 e. The highest BCUT2D eigenvalue weighted by atomic mass is 16.4. The number of benzene rings is 2. The number of phenolic OH excluding ortho intramolecular Hbond substituents is 1. The number of aromatic hydroxyl groups is 1. The summed E-state index contributed by atoms with van der Waals surface area (Å²) in [5.41, 5.74) is 13.7. The van der Waals surface area contributed by atoms with Crippen molar-refractivity contribution in [3.05, 3.63) is 53.7 Å². The summed E-state index contributed by atoms with van der Waals surface area (Å²) in [5, 5.41) is 58.8. The van der Waals surface area contributed by atoms with Crippen LogP contribution in [0.2, 0.25) is 0 Å². The topological polar surface area (TPSA) is 264 Å². The quantitative estimate of drug-likeness (QED) is 0.141. The Morgan fingerprint density at radius 1 is 1.18 bits per heavy atom. The van der Waals surface area contributed by atoms with Crippen molar-refractivity contribution in [1.82, 2.24) is 20.9 Å². The summed E-state index contributed by atoms with van der Waals surface area (Å²) in [7, 11) is 0. The minimum Gasteiger partial charge on any atom is -0.508 e. The number of β-amino-alcohol motifs (C(OH)–C–C–N with tert-alkyl or cyclic N) is 1. The van der Waals surface area contributed by atoms with Gasteiger partial charge in [-0.1, -0.05) is 18.2 Å². The van der Waals surface area contributed by atoms with Crippen LogP contribution in [-0.2, 0) is 9.59 Å². The highest BCUT2D eigenvalue weighted by molar-refractivity contribution is 5.94. The first-order chi connectivity index (χ1) is 19.0. The second-order valence-electron chi connectivity index (χ2n) is 8.88. The number of nitrogen functional groups attached to an aromatic ring is 1. The fourth-order valence-electron chi connectivity index (χ4n) is 3.71. The Balaban J connectivity index is 0.000000281. The first-order valence-electron chi connectivity index (χ1n) is 12.3. The van der Waals surface area contributed by atoms with E-state index < -0.39 is 30.4 Å². The number of carboxylic acids is 1. The number of aliphatic imine (C=N–C) groups is 1. The predicted molar refractivity (Wildman–Crippen MR) is 148 cm³/mol. The van der Waals surface area contributed by atoms with Crippen LogP contribution in [0.15, 0.2) is 47.5 Å². The Morgan fingerprint density at radius 3 is 2.58 bits per heavy atom. The van der Waals surface area contributed by atoms with E-state index in [1.54, 1.807) is 6.07 Å². The number of carbonyl (C=O) groups excluding carboxylic acids is 1. The predicted octanol–water partition coefficient (Wildman–Crippen LogP) is -1.00. The van der Waals surface area contributed by atoms with Gasteiger partial charge in [-0.15, -0.1) is 0 Å². The number of aromatic nitrogens is 1. The Labute approximate surface area is 228 Å². The number of para-hydroxylation sites is 1. The molecule has 1 aliphatic rings. The van der Waals surface area contributed by atoms with Gasteiger partial charge in [0.1, 0.15) is 18.2 Å². The molecule has 40 heavy (non-hydrogen) atoms. The number of fused-ring (bicyclic) bond motifs is 1. The smallest absolute Gasteiger partial charge is 0.305 e. The number of hydrogen-bond donors (Lipinski definition) is 12. The molecule has 14 N–H and O–H groups in total. The Kier molecular flexibility index (Phi) is 10.6. The molecule has 0 radical (unpaired) electrons. The van der Waals surface area contributed by atoms with E-state index in [1.807, 2.05) is 24.3 Å². The van der Waals surface area contributed by atoms with Gasteiger partial charge in [0.25, 0.3) is 0 Å². The second-order valence-corrected chi connectivity index (χ2v) is 8.88. The van der Waals surface area contributed by atoms with Crippen LogP contribution in [0.3, 0.4) is 0 Å². The minimum absolute atomic E-state index is 0.00402. The van der Waals surface area contributed by atoms with Gasteiger partial charge in [-0.2, -0.15) is 0 Å². The standard InChI is InChI=1S/C16H23N5O6.C9H11N3O/c22-11-4-9(15(27)18-8-13(24)17-2-1-14(25)26)3-10(5-11)21-16-19-6-12(23)7-20-16;10-7-5-3-1-2-4-6(5)12-8(7)9(11)13/h3-5,12,15,18,22-23,27H,1-2,6-8H2,(H,17,24)(H,25,26)(H2,19,20,21);1-4,9,12-13H,10-11H2. The normalized spacial score (nSPS) is 16.1. The summed E-state index contributed by atoms with van der Waals surface area (Å²) >= 11 is 0. The van der Waals surface area contributed by atoms with E-state index in [2.05, 4.69) is 31.2 Å². The van der Waals surface area contributed by atoms with Crippen molar-refractivity contribution in [2.75, 3.05) is 37.2 Å². The molecular formula is C25H34N8O7. The van der Waals surface area contributed by atoms with Gasteiger partial charge in [0.05, 0.1) is 37.0 Å². The van der Waals surface area contributed by atoms with Crippen molar-refractivity contribution in [3.8, 4) is 5.75 Å². The third-order valence-electron chi connectivity index (χ3n) is 5.67. The van der Waals surface area contributed by atoms with Crippen LogP contribution in [0.4, 0.5) is 11.4 Å². The maximum Gasteiger partial charge on any atom is 0.305 e. The zero-order chi connectivity index (χ0) is 29.2. The van der Waals surface area contributed by atoms with Gasteiger partial charge in [0.15, 0.2) is 5.96 Å². The number of anilines is 2. The number of rotatable bonds is 9. The molecule has 0 aliphatic carbocycles. The molecule has 3 aromatic rings. The number of nitrogens with two attached hydrogens (primary N) is 2. The molecule has 15 nitrogen and oxygen atoms in total. The van der Waals surface area contributed by atoms with Gasteiger partial charge in [-0.3, -0.25) is 19.9 Å². The molecule has 3 atom stereocenters. The number of carboxylic acid groups (broad SMARTS) is 1. The lowest BCUT2D eigenvalue weighted by molar-refractivity contribution is -0.136. The van der Waals surface area contributed by atoms with Crippen molar-refractivity contribution in [1.29, 1.82) is 0 Å². The van der Waals surface area contributed by atoms with Crippen LogP contribution >= 0.6 is 0 Å². The van der Waals surface area contributed by atoms with Gasteiger partial charge in [-0.05, 0) is 18.2 Å². The van der Waals surface area contributed by atoms with Gasteiger partial charge in [0.2, 0.25) is 5.91 Å². The molecule has 0 spiro atoms. The number of nitrogens with one attached hydrogen (secondary N) is 5. The molecule has 2 aromatic carbocycles. The lowest BCUT2D eigenvalue weighted by Crippen LogP contribution is -2.42. The molecule has 0 saturated heterocycles. The number of aliphatic carboxylic acids is 1. The zero-order valence-electron chi connectivity index (χ0n) is 21.5. The molecule has 0 fully saturated rings. The third-order valence-corrected chi connectivity index (χ3v) is 5.67. The van der Waals surface area contributed by atoms with E-state index in [1.165, 1.54) is 12.1 Å². The molecule has 1 aromatic heterocycles. The number of H-pyrrole nitrogens is 1. The van der Waals surface area contributed by atoms with Gasteiger partial charge < -0.3 is 57.9 Å². The summed E-state index contributed by atoms with van der Waals surface area (Å²) in [6.07, 6.45) is -3.02. The second kappa shape index (κ2) is 14.1. The van der Waals surface area contributed by atoms with Gasteiger partial charge in [0, 0.05) is 41.3 Å². The Morgan fingerprint density at radius 2 is 1.93 bits per heavy atom. The number of aromatic amines is 1. The van der Waals surface area contributed by atoms with E-state index >= 15 is 0 Å². The van der Waals surface area contributed by atoms with Crippen molar-refractivity contribution in [3.63, 3.8) is 0 Å². The summed E-state index contributed by atoms with van der Waals surface area (Å²) < 4.78 is 0. The summed E-state index contributed by atoms with van der Waals surface area (Å²) in [5.74, 6) is -1.15. The van der Waals surface area contributed by atoms with Crippen molar-refractivity contribution in [2.45, 2.75) is 25.0 Å². The number of hydrogen-bond acceptors (Lipinski definition) is 12. The molecule has 4 rings (SSSR count). The summed E-state index contributed by atoms with van der Waals surface area (Å²) in [4.78, 5) is 29.1. The van der Waals surface area contributed by atoms with Crippen molar-refractivity contribution < 1.29 is 35.1 Å². The summed E-state index contributed by atoms with van der Waals surface area (Å²) in [6, 6.07) is 11.9. The monoisotopic (exact) mass is 558 g/mol. The molecule has 3 unspecified atom stereocenters. The van der Waals surface area contributed by atoms with E-state index in [0.29, 0.717) is 35.1 Å². The van der Waals surface area contributed by atoms with Crippen molar-refractivity contribution >= 4 is 40.1 Å². The summed E-state index contributed by atoms with van der Waals surface area (Å²) in [6.45, 7) is 0.363. The number of guanidine groups is 1. The number of nitrogens with zero attached hydrogens (tertiary/aromatic N) is 1. The number of phenols is 1. The van der Waals surface area contributed by atoms with E-state index in [-0.39, 0.29) is 31.8 Å². The van der Waals surface area contributed by atoms with E-state index in [0.717, 1.165) is 10.9 Å². The number of carbonyl (C=O) groups is 2. The van der Waals surface area contributed by atoms with Crippen LogP contribution < -0.4 is 32.7 Å². The maximum absolute atomic E-state index is 11.6. The lowest BCUT2D eigenvalue weighted by atomic mass is 10.1. The fraction of sp³-hybridized carbons (Fsp3) is 0.320. The number of aliphatic hydroxyl groups is 3. The number of aliphatic hydroxyl groups excluding tert-OH is 3. The molecular weight excluding hydrogens is 524 g/mol. The molecule has 1 aliphatic heterocycles. The highest BCUT2D eigenvalue weighted by Crippen LogP contribution is 2.27. The third kappa shape index (κ3) is 8.82. The SMILES string of the molecule is Nc1c(C(N)O)[nH]c2ccccc12.O=C(O)CCNC(=O)CNC(O)c1cc(O)cc(NC2=NCC(O)CN2)c1. The van der Waals surface area contributed by atoms with Gasteiger partial charge in [-0.25, -0.2) is 0 Å². The average Bonchev–Trinajstić information content (AvgIpc) is 3.25. The zero-order valence-corrected chi connectivity index (χ0v) is 21.5. The molecule has 0 bridgehead atoms. The van der Waals surface area contributed by atoms with Crippen molar-refractivity contribution in [2.24, 2.45) is 10.7 Å². The Bertz CT molecular complexity index is 1340. The van der Waals surface area contributed by atoms with Crippen LogP contribution in [0.25, 0.3) is 10.9 Å². The van der Waals surface area contributed by atoms with Crippen LogP contribution in [0.1, 0.15) is 30.1 Å². The average molecular weight is 559 g/mol. The molecule has 216 valence electrons. The van der Waals surface area contributed by atoms with Crippen LogP contribution in [0.5, 0.6) is 5.75 Å². The van der Waals surface area contributed by atoms with Gasteiger partial charge >= 0.3 is 5.97 Å². The molecule has 1 amide bonds. The van der Waals surface area contributed by atoms with Crippen LogP contribution in [-0.4, -0.2) is 80.6 Å². The molecule has 0 saturated carbocycles. The van der Waals surface area contributed by atoms with E-state index in [9.17, 15) is 30.0 Å². The lowest BCUT2D eigenvalue weighted by Gasteiger charge is -2.21. The maximum atomic E-state index is 11.6. The minimum atomic E-state index is -1.23. The first kappa shape index (κ1) is 30.1. The van der Waals surface area contributed by atoms with Crippen LogP contribution in [0, 0.1) is 0 Å². The molecule has 15 heteroatoms. The number of amides is 1. The van der Waals surface area contributed by atoms with E-state index in [4.69, 9.17) is 16.6 Å².